The van der Waals surface area contributed by atoms with Gasteiger partial charge in [-0.05, 0) is 57.3 Å². The number of pyridine rings is 1. The molecular weight excluding hydrogens is 332 g/mol. The molecule has 0 spiro atoms. The molecule has 1 N–H and O–H groups in total. The van der Waals surface area contributed by atoms with E-state index in [1.807, 2.05) is 19.1 Å². The molecule has 1 aromatic heterocycles. The predicted molar refractivity (Wildman–Crippen MR) is 97.5 cm³/mol. The van der Waals surface area contributed by atoms with Crippen LogP contribution in [-0.4, -0.2) is 65.6 Å². The molecule has 0 radical (unpaired) electrons. The van der Waals surface area contributed by atoms with Crippen LogP contribution in [0.3, 0.4) is 0 Å². The maximum atomic E-state index is 13.0. The number of likely N-dealkylation sites (tertiary alicyclic amines) is 2. The van der Waals surface area contributed by atoms with E-state index in [-0.39, 0.29) is 24.1 Å². The van der Waals surface area contributed by atoms with Crippen molar-refractivity contribution in [2.24, 2.45) is 0 Å². The number of ether oxygens (including phenoxy) is 1. The van der Waals surface area contributed by atoms with Crippen molar-refractivity contribution in [1.29, 1.82) is 0 Å². The van der Waals surface area contributed by atoms with Gasteiger partial charge in [-0.1, -0.05) is 6.07 Å². The first-order valence-corrected chi connectivity index (χ1v) is 9.55. The van der Waals surface area contributed by atoms with Crippen molar-refractivity contribution in [2.75, 3.05) is 32.8 Å². The number of hydrogen-bond acceptors (Lipinski definition) is 5. The molecule has 0 aliphatic carbocycles. The number of aromatic nitrogens is 1. The number of piperidine rings is 1. The number of hydrogen-bond donors (Lipinski definition) is 1. The van der Waals surface area contributed by atoms with Crippen molar-refractivity contribution in [3.8, 4) is 0 Å². The second kappa shape index (κ2) is 8.98. The molecule has 1 atom stereocenters. The lowest BCUT2D eigenvalue weighted by Gasteiger charge is -2.33. The van der Waals surface area contributed by atoms with Crippen molar-refractivity contribution < 1.29 is 14.3 Å². The van der Waals surface area contributed by atoms with Gasteiger partial charge in [-0.3, -0.25) is 14.7 Å². The Labute approximate surface area is 154 Å². The van der Waals surface area contributed by atoms with E-state index in [9.17, 15) is 9.59 Å². The van der Waals surface area contributed by atoms with Crippen LogP contribution in [0.15, 0.2) is 24.5 Å². The average molecular weight is 360 g/mol. The molecule has 0 bridgehead atoms. The van der Waals surface area contributed by atoms with Crippen LogP contribution in [0.4, 0.5) is 4.79 Å². The zero-order chi connectivity index (χ0) is 18.4. The van der Waals surface area contributed by atoms with Crippen LogP contribution in [-0.2, 0) is 9.53 Å². The van der Waals surface area contributed by atoms with Crippen molar-refractivity contribution in [2.45, 2.75) is 44.7 Å². The maximum Gasteiger partial charge on any atom is 0.409 e. The highest BCUT2D eigenvalue weighted by molar-refractivity contribution is 5.83. The molecule has 3 rings (SSSR count). The van der Waals surface area contributed by atoms with E-state index < -0.39 is 0 Å². The van der Waals surface area contributed by atoms with Crippen LogP contribution in [0, 0.1) is 0 Å². The van der Waals surface area contributed by atoms with Gasteiger partial charge in [0, 0.05) is 31.5 Å². The molecule has 26 heavy (non-hydrogen) atoms. The highest BCUT2D eigenvalue weighted by atomic mass is 16.6. The van der Waals surface area contributed by atoms with Crippen LogP contribution in [0.1, 0.15) is 44.2 Å². The van der Waals surface area contributed by atoms with Gasteiger partial charge in [0.15, 0.2) is 0 Å². The van der Waals surface area contributed by atoms with E-state index in [2.05, 4.69) is 15.2 Å². The van der Waals surface area contributed by atoms with Gasteiger partial charge < -0.3 is 15.0 Å². The summed E-state index contributed by atoms with van der Waals surface area (Å²) in [5.41, 5.74) is 0.941. The van der Waals surface area contributed by atoms with Gasteiger partial charge in [0.25, 0.3) is 0 Å². The maximum absolute atomic E-state index is 13.0. The molecule has 2 aliphatic heterocycles. The van der Waals surface area contributed by atoms with Gasteiger partial charge in [-0.15, -0.1) is 0 Å². The Morgan fingerprint density at radius 3 is 2.62 bits per heavy atom. The minimum absolute atomic E-state index is 0.0366. The predicted octanol–water partition coefficient (Wildman–Crippen LogP) is 1.96. The SMILES string of the molecule is CCOC(=O)N1CCC(NC(=O)[C@@H](c2cccnc2)N2CCCC2)CC1. The molecule has 3 heterocycles. The quantitative estimate of drug-likeness (QED) is 0.869. The molecule has 0 saturated carbocycles. The second-order valence-electron chi connectivity index (χ2n) is 6.90. The molecule has 7 heteroatoms. The van der Waals surface area contributed by atoms with E-state index in [1.165, 1.54) is 0 Å². The van der Waals surface area contributed by atoms with Crippen LogP contribution in [0.5, 0.6) is 0 Å². The first kappa shape index (κ1) is 18.6. The third-order valence-corrected chi connectivity index (χ3v) is 5.12. The largest absolute Gasteiger partial charge is 0.450 e. The van der Waals surface area contributed by atoms with Crippen LogP contribution < -0.4 is 5.32 Å². The summed E-state index contributed by atoms with van der Waals surface area (Å²) in [7, 11) is 0. The lowest BCUT2D eigenvalue weighted by atomic mass is 10.0. The van der Waals surface area contributed by atoms with Crippen molar-refractivity contribution in [1.82, 2.24) is 20.1 Å². The van der Waals surface area contributed by atoms with Crippen molar-refractivity contribution in [3.63, 3.8) is 0 Å². The van der Waals surface area contributed by atoms with E-state index >= 15 is 0 Å². The summed E-state index contributed by atoms with van der Waals surface area (Å²) in [5.74, 6) is 0.0366. The molecule has 2 saturated heterocycles. The molecule has 142 valence electrons. The number of amides is 2. The summed E-state index contributed by atoms with van der Waals surface area (Å²) < 4.78 is 5.05. The summed E-state index contributed by atoms with van der Waals surface area (Å²) in [6.45, 7) is 5.30. The van der Waals surface area contributed by atoms with Crippen LogP contribution >= 0.6 is 0 Å². The van der Waals surface area contributed by atoms with E-state index in [4.69, 9.17) is 4.74 Å². The van der Waals surface area contributed by atoms with Gasteiger partial charge in [0.2, 0.25) is 5.91 Å². The lowest BCUT2D eigenvalue weighted by molar-refractivity contribution is -0.127. The third-order valence-electron chi connectivity index (χ3n) is 5.12. The lowest BCUT2D eigenvalue weighted by Crippen LogP contribution is -2.49. The molecule has 2 aliphatic rings. The fourth-order valence-corrected chi connectivity index (χ4v) is 3.77. The fourth-order valence-electron chi connectivity index (χ4n) is 3.77. The number of nitrogens with one attached hydrogen (secondary N) is 1. The molecule has 0 aromatic carbocycles. The molecule has 7 nitrogen and oxygen atoms in total. The Morgan fingerprint density at radius 1 is 1.27 bits per heavy atom. The second-order valence-corrected chi connectivity index (χ2v) is 6.90. The third kappa shape index (κ3) is 4.52. The zero-order valence-corrected chi connectivity index (χ0v) is 15.4. The van der Waals surface area contributed by atoms with Gasteiger partial charge in [-0.25, -0.2) is 4.79 Å². The first-order chi connectivity index (χ1) is 12.7. The Balaban J connectivity index is 1.59. The molecule has 2 amide bonds. The molecular formula is C19H28N4O3. The minimum Gasteiger partial charge on any atom is -0.450 e. The van der Waals surface area contributed by atoms with Crippen molar-refractivity contribution >= 4 is 12.0 Å². The number of carbonyl (C=O) groups excluding carboxylic acids is 2. The summed E-state index contributed by atoms with van der Waals surface area (Å²) in [4.78, 5) is 33.0. The van der Waals surface area contributed by atoms with Crippen molar-refractivity contribution in [3.05, 3.63) is 30.1 Å². The minimum atomic E-state index is -0.283. The summed E-state index contributed by atoms with van der Waals surface area (Å²) in [5, 5.41) is 3.20. The summed E-state index contributed by atoms with van der Waals surface area (Å²) >= 11 is 0. The van der Waals surface area contributed by atoms with Gasteiger partial charge in [0.1, 0.15) is 6.04 Å². The van der Waals surface area contributed by atoms with Gasteiger partial charge >= 0.3 is 6.09 Å². The molecule has 1 aromatic rings. The summed E-state index contributed by atoms with van der Waals surface area (Å²) in [6, 6.07) is 3.66. The monoisotopic (exact) mass is 360 g/mol. The zero-order valence-electron chi connectivity index (χ0n) is 15.4. The fraction of sp³-hybridized carbons (Fsp3) is 0.632. The molecule has 0 unspecified atom stereocenters. The highest BCUT2D eigenvalue weighted by Crippen LogP contribution is 2.25. The Kier molecular flexibility index (Phi) is 6.44. The number of nitrogens with zero attached hydrogens (tertiary/aromatic N) is 3. The molecule has 2 fully saturated rings. The smallest absolute Gasteiger partial charge is 0.409 e. The average Bonchev–Trinajstić information content (AvgIpc) is 3.18. The Bertz CT molecular complexity index is 596. The van der Waals surface area contributed by atoms with E-state index in [0.29, 0.717) is 19.7 Å². The van der Waals surface area contributed by atoms with Gasteiger partial charge in [0.05, 0.1) is 6.61 Å². The number of rotatable bonds is 5. The highest BCUT2D eigenvalue weighted by Gasteiger charge is 2.32. The van der Waals surface area contributed by atoms with Crippen LogP contribution in [0.2, 0.25) is 0 Å². The first-order valence-electron chi connectivity index (χ1n) is 9.55. The van der Waals surface area contributed by atoms with E-state index in [1.54, 1.807) is 17.3 Å². The summed E-state index contributed by atoms with van der Waals surface area (Å²) in [6.07, 6.45) is 7.01. The Hall–Kier alpha value is -2.15. The Morgan fingerprint density at radius 2 is 2.00 bits per heavy atom. The van der Waals surface area contributed by atoms with E-state index in [0.717, 1.165) is 44.3 Å². The van der Waals surface area contributed by atoms with Gasteiger partial charge in [-0.2, -0.15) is 0 Å². The standard InChI is InChI=1S/C19H28N4O3/c1-2-26-19(25)23-12-7-16(8-13-23)21-18(24)17(22-10-3-4-11-22)15-6-5-9-20-14-15/h5-6,9,14,16-17H,2-4,7-8,10-13H2,1H3,(H,21,24)/t17-/m1/s1. The topological polar surface area (TPSA) is 74.8 Å². The number of carbonyl (C=O) groups is 2. The normalized spacial score (nSPS) is 20.0. The van der Waals surface area contributed by atoms with Crippen LogP contribution in [0.25, 0.3) is 0 Å².